The van der Waals surface area contributed by atoms with Crippen molar-refractivity contribution in [3.8, 4) is 16.8 Å². The largest absolute Gasteiger partial charge is 0.284 e. The van der Waals surface area contributed by atoms with Gasteiger partial charge in [0.2, 0.25) is 0 Å². The summed E-state index contributed by atoms with van der Waals surface area (Å²) in [6, 6.07) is 7.77. The standard InChI is InChI=1S/C21H15ClN6S/c1-12-17(8-3-14-9-24-25-10-14)29-21-19(12)20(15-4-6-16(22)7-5-15)23-11-18-27-26-13(2)28(18)21/h4-7,9-10H,11H2,1-2H3,(H,24,25). The molecule has 1 aromatic carbocycles. The van der Waals surface area contributed by atoms with Gasteiger partial charge < -0.3 is 0 Å². The van der Waals surface area contributed by atoms with Crippen LogP contribution in [0, 0.1) is 25.7 Å². The van der Waals surface area contributed by atoms with Gasteiger partial charge in [-0.1, -0.05) is 35.6 Å². The Morgan fingerprint density at radius 1 is 1.14 bits per heavy atom. The number of benzene rings is 1. The molecule has 3 aromatic heterocycles. The lowest BCUT2D eigenvalue weighted by atomic mass is 10.00. The van der Waals surface area contributed by atoms with Crippen molar-refractivity contribution in [3.05, 3.63) is 80.5 Å². The number of aromatic amines is 1. The van der Waals surface area contributed by atoms with Gasteiger partial charge in [0.1, 0.15) is 17.4 Å². The van der Waals surface area contributed by atoms with Gasteiger partial charge in [0.15, 0.2) is 5.82 Å². The predicted octanol–water partition coefficient (Wildman–Crippen LogP) is 4.07. The Balaban J connectivity index is 1.73. The molecule has 5 rings (SSSR count). The highest BCUT2D eigenvalue weighted by Gasteiger charge is 2.27. The summed E-state index contributed by atoms with van der Waals surface area (Å²) in [6.45, 7) is 4.51. The summed E-state index contributed by atoms with van der Waals surface area (Å²) in [6.07, 6.45) is 3.49. The molecule has 1 N–H and O–H groups in total. The van der Waals surface area contributed by atoms with Crippen LogP contribution in [0.15, 0.2) is 41.7 Å². The van der Waals surface area contributed by atoms with Gasteiger partial charge >= 0.3 is 0 Å². The van der Waals surface area contributed by atoms with E-state index in [-0.39, 0.29) is 0 Å². The number of aromatic nitrogens is 5. The highest BCUT2D eigenvalue weighted by molar-refractivity contribution is 7.15. The minimum Gasteiger partial charge on any atom is -0.284 e. The number of fused-ring (bicyclic) bond motifs is 3. The van der Waals surface area contributed by atoms with Crippen molar-refractivity contribution < 1.29 is 0 Å². The maximum atomic E-state index is 6.10. The van der Waals surface area contributed by atoms with Gasteiger partial charge in [-0.15, -0.1) is 21.5 Å². The van der Waals surface area contributed by atoms with Gasteiger partial charge in [-0.2, -0.15) is 5.10 Å². The van der Waals surface area contributed by atoms with E-state index in [0.717, 1.165) is 49.5 Å². The second kappa shape index (κ2) is 6.99. The summed E-state index contributed by atoms with van der Waals surface area (Å²) in [7, 11) is 0. The Kier molecular flexibility index (Phi) is 4.31. The molecule has 0 atom stereocenters. The SMILES string of the molecule is Cc1c(C#Cc2cn[nH]c2)sc2c1C(c1ccc(Cl)cc1)=NCc1nnc(C)n1-2. The van der Waals surface area contributed by atoms with E-state index >= 15 is 0 Å². The van der Waals surface area contributed by atoms with Gasteiger partial charge in [0.05, 0.1) is 22.3 Å². The van der Waals surface area contributed by atoms with Crippen molar-refractivity contribution in [2.24, 2.45) is 4.99 Å². The van der Waals surface area contributed by atoms with Crippen LogP contribution in [0.1, 0.15) is 38.8 Å². The number of rotatable bonds is 1. The smallest absolute Gasteiger partial charge is 0.160 e. The highest BCUT2D eigenvalue weighted by Crippen LogP contribution is 2.36. The fourth-order valence-electron chi connectivity index (χ4n) is 3.35. The monoisotopic (exact) mass is 418 g/mol. The molecule has 29 heavy (non-hydrogen) atoms. The van der Waals surface area contributed by atoms with E-state index in [1.807, 2.05) is 31.2 Å². The lowest BCUT2D eigenvalue weighted by Gasteiger charge is -2.09. The van der Waals surface area contributed by atoms with E-state index in [1.165, 1.54) is 0 Å². The zero-order chi connectivity index (χ0) is 20.0. The maximum Gasteiger partial charge on any atom is 0.160 e. The molecule has 4 heterocycles. The first-order valence-corrected chi connectivity index (χ1v) is 10.2. The molecule has 0 saturated heterocycles. The Labute approximate surface area is 176 Å². The fourth-order valence-corrected chi connectivity index (χ4v) is 4.70. The van der Waals surface area contributed by atoms with E-state index in [4.69, 9.17) is 16.6 Å². The van der Waals surface area contributed by atoms with Crippen molar-refractivity contribution in [2.75, 3.05) is 0 Å². The van der Waals surface area contributed by atoms with Gasteiger partial charge in [-0.05, 0) is 31.5 Å². The number of nitrogens with zero attached hydrogens (tertiary/aromatic N) is 5. The number of halogens is 1. The number of hydrogen-bond acceptors (Lipinski definition) is 5. The van der Waals surface area contributed by atoms with Crippen LogP contribution in [0.5, 0.6) is 0 Å². The number of H-pyrrole nitrogens is 1. The molecule has 6 nitrogen and oxygen atoms in total. The van der Waals surface area contributed by atoms with E-state index in [2.05, 4.69) is 43.7 Å². The highest BCUT2D eigenvalue weighted by atomic mass is 35.5. The molecule has 0 amide bonds. The number of aryl methyl sites for hydroxylation is 1. The summed E-state index contributed by atoms with van der Waals surface area (Å²) < 4.78 is 2.09. The molecular formula is C21H15ClN6S. The fraction of sp³-hybridized carbons (Fsp3) is 0.143. The second-order valence-corrected chi connectivity index (χ2v) is 8.08. The van der Waals surface area contributed by atoms with Crippen LogP contribution < -0.4 is 0 Å². The van der Waals surface area contributed by atoms with E-state index in [1.54, 1.807) is 23.7 Å². The third-order valence-electron chi connectivity index (χ3n) is 4.77. The lowest BCUT2D eigenvalue weighted by molar-refractivity contribution is 0.869. The molecule has 1 aliphatic heterocycles. The van der Waals surface area contributed by atoms with E-state index in [9.17, 15) is 0 Å². The molecule has 0 fully saturated rings. The van der Waals surface area contributed by atoms with Crippen LogP contribution in [0.3, 0.4) is 0 Å². The normalized spacial score (nSPS) is 12.4. The van der Waals surface area contributed by atoms with Gasteiger partial charge in [-0.3, -0.25) is 14.7 Å². The molecule has 0 bridgehead atoms. The van der Waals surface area contributed by atoms with Crippen LogP contribution in [-0.4, -0.2) is 30.7 Å². The van der Waals surface area contributed by atoms with Gasteiger partial charge in [0, 0.05) is 22.3 Å². The van der Waals surface area contributed by atoms with Crippen LogP contribution in [0.2, 0.25) is 5.02 Å². The summed E-state index contributed by atoms with van der Waals surface area (Å²) in [5.74, 6) is 8.12. The average Bonchev–Trinajstić information content (AvgIpc) is 3.40. The minimum absolute atomic E-state index is 0.468. The van der Waals surface area contributed by atoms with Crippen LogP contribution >= 0.6 is 22.9 Å². The molecule has 4 aromatic rings. The van der Waals surface area contributed by atoms with Crippen molar-refractivity contribution >= 4 is 28.6 Å². The third-order valence-corrected chi connectivity index (χ3v) is 6.22. The van der Waals surface area contributed by atoms with Crippen molar-refractivity contribution in [2.45, 2.75) is 20.4 Å². The summed E-state index contributed by atoms with van der Waals surface area (Å²) in [5.41, 5.74) is 4.95. The Hall–Kier alpha value is -3.21. The first kappa shape index (κ1) is 17.9. The van der Waals surface area contributed by atoms with Crippen molar-refractivity contribution in [1.29, 1.82) is 0 Å². The van der Waals surface area contributed by atoms with Crippen LogP contribution in [0.4, 0.5) is 0 Å². The lowest BCUT2D eigenvalue weighted by Crippen LogP contribution is -2.07. The summed E-state index contributed by atoms with van der Waals surface area (Å²) in [5, 5.41) is 17.1. The Bertz CT molecular complexity index is 1300. The van der Waals surface area contributed by atoms with Gasteiger partial charge in [0.25, 0.3) is 0 Å². The zero-order valence-electron chi connectivity index (χ0n) is 15.7. The summed E-state index contributed by atoms with van der Waals surface area (Å²) >= 11 is 7.73. The number of thiophene rings is 1. The zero-order valence-corrected chi connectivity index (χ0v) is 17.3. The Morgan fingerprint density at radius 2 is 1.97 bits per heavy atom. The second-order valence-electron chi connectivity index (χ2n) is 6.64. The first-order chi connectivity index (χ1) is 14.1. The van der Waals surface area contributed by atoms with Crippen LogP contribution in [0.25, 0.3) is 5.00 Å². The minimum atomic E-state index is 0.468. The molecule has 0 aliphatic carbocycles. The predicted molar refractivity (Wildman–Crippen MR) is 114 cm³/mol. The number of aliphatic imine (C=N–C) groups is 1. The molecule has 1 aliphatic rings. The molecule has 0 unspecified atom stereocenters. The average molecular weight is 419 g/mol. The van der Waals surface area contributed by atoms with E-state index < -0.39 is 0 Å². The summed E-state index contributed by atoms with van der Waals surface area (Å²) in [4.78, 5) is 5.88. The quantitative estimate of drug-likeness (QED) is 0.473. The third kappa shape index (κ3) is 3.07. The van der Waals surface area contributed by atoms with Crippen LogP contribution in [-0.2, 0) is 6.54 Å². The molecule has 0 spiro atoms. The molecular weight excluding hydrogens is 404 g/mol. The van der Waals surface area contributed by atoms with E-state index in [0.29, 0.717) is 11.6 Å². The number of nitrogens with one attached hydrogen (secondary N) is 1. The van der Waals surface area contributed by atoms with Gasteiger partial charge in [-0.25, -0.2) is 0 Å². The molecule has 0 saturated carbocycles. The molecule has 0 radical (unpaired) electrons. The van der Waals surface area contributed by atoms with Crippen molar-refractivity contribution in [1.82, 2.24) is 25.0 Å². The first-order valence-electron chi connectivity index (χ1n) is 8.98. The Morgan fingerprint density at radius 3 is 2.72 bits per heavy atom. The molecule has 8 heteroatoms. The maximum absolute atomic E-state index is 6.10. The van der Waals surface area contributed by atoms with Crippen molar-refractivity contribution in [3.63, 3.8) is 0 Å². The topological polar surface area (TPSA) is 71.8 Å². The molecule has 142 valence electrons. The number of hydrogen-bond donors (Lipinski definition) is 1.